The van der Waals surface area contributed by atoms with Gasteiger partial charge in [-0.05, 0) is 18.6 Å². The van der Waals surface area contributed by atoms with Crippen molar-refractivity contribution >= 4 is 11.3 Å². The van der Waals surface area contributed by atoms with Crippen LogP contribution >= 0.6 is 11.3 Å². The first-order valence-corrected chi connectivity index (χ1v) is 7.95. The number of hydrogen-bond acceptors (Lipinski definition) is 5. The fourth-order valence-electron chi connectivity index (χ4n) is 3.43. The average molecular weight is 287 g/mol. The molecule has 0 amide bonds. The molecule has 1 aliphatic heterocycles. The molecule has 0 unspecified atom stereocenters. The summed E-state index contributed by atoms with van der Waals surface area (Å²) < 4.78 is 6.09. The topological polar surface area (TPSA) is 38.2 Å². The Morgan fingerprint density at radius 3 is 3.05 bits per heavy atom. The van der Waals surface area contributed by atoms with Gasteiger partial charge in [0.25, 0.3) is 0 Å². The first-order valence-electron chi connectivity index (χ1n) is 7.07. The van der Waals surface area contributed by atoms with Gasteiger partial charge in [-0.25, -0.2) is 4.98 Å². The minimum atomic E-state index is 0.358. The number of fused-ring (bicyclic) bond motifs is 2. The predicted molar refractivity (Wildman–Crippen MR) is 77.7 cm³/mol. The normalized spacial score (nSPS) is 28.9. The smallest absolute Gasteiger partial charge is 0.138 e. The van der Waals surface area contributed by atoms with Crippen LogP contribution in [0.3, 0.4) is 0 Å². The highest BCUT2D eigenvalue weighted by Crippen LogP contribution is 2.40. The summed E-state index contributed by atoms with van der Waals surface area (Å²) in [5, 5.41) is 3.28. The molecular weight excluding hydrogens is 270 g/mol. The molecule has 0 N–H and O–H groups in total. The maximum absolute atomic E-state index is 6.09. The quantitative estimate of drug-likeness (QED) is 0.866. The molecule has 0 aromatic carbocycles. The second-order valence-corrected chi connectivity index (χ2v) is 6.56. The summed E-state index contributed by atoms with van der Waals surface area (Å²) in [4.78, 5) is 11.1. The standard InChI is InChI=1S/C15H17N3OS/c1-2-13(8-16-3-1)19-14-7-12-6-11(14)9-18(12)10-15-17-4-5-20-15/h1-5,8,11-12,14H,6-7,9-10H2/t11-,12+,14-/m0/s1. The van der Waals surface area contributed by atoms with E-state index in [4.69, 9.17) is 4.74 Å². The second kappa shape index (κ2) is 5.14. The van der Waals surface area contributed by atoms with Gasteiger partial charge in [-0.1, -0.05) is 0 Å². The zero-order valence-corrected chi connectivity index (χ0v) is 12.0. The van der Waals surface area contributed by atoms with Crippen molar-refractivity contribution < 1.29 is 4.74 Å². The Morgan fingerprint density at radius 1 is 1.35 bits per heavy atom. The van der Waals surface area contributed by atoms with Gasteiger partial charge in [-0.2, -0.15) is 0 Å². The van der Waals surface area contributed by atoms with Gasteiger partial charge in [0.15, 0.2) is 0 Å². The van der Waals surface area contributed by atoms with Crippen molar-refractivity contribution in [1.82, 2.24) is 14.9 Å². The Hall–Kier alpha value is -1.46. The van der Waals surface area contributed by atoms with Crippen molar-refractivity contribution in [3.8, 4) is 5.75 Å². The number of nitrogens with zero attached hydrogens (tertiary/aromatic N) is 3. The van der Waals surface area contributed by atoms with Crippen LogP contribution in [0.25, 0.3) is 0 Å². The Labute approximate surface area is 122 Å². The van der Waals surface area contributed by atoms with Crippen molar-refractivity contribution in [1.29, 1.82) is 0 Å². The van der Waals surface area contributed by atoms with Crippen molar-refractivity contribution in [2.75, 3.05) is 6.54 Å². The fourth-order valence-corrected chi connectivity index (χ4v) is 4.07. The molecule has 104 valence electrons. The lowest BCUT2D eigenvalue weighted by atomic mass is 10.1. The van der Waals surface area contributed by atoms with Crippen LogP contribution in [0.2, 0.25) is 0 Å². The summed E-state index contributed by atoms with van der Waals surface area (Å²) in [6, 6.07) is 4.58. The monoisotopic (exact) mass is 287 g/mol. The van der Waals surface area contributed by atoms with Crippen molar-refractivity contribution in [3.05, 3.63) is 41.1 Å². The van der Waals surface area contributed by atoms with Crippen LogP contribution in [0.5, 0.6) is 5.75 Å². The van der Waals surface area contributed by atoms with Crippen LogP contribution in [0, 0.1) is 5.92 Å². The minimum Gasteiger partial charge on any atom is -0.488 e. The van der Waals surface area contributed by atoms with Crippen LogP contribution in [-0.2, 0) is 6.54 Å². The molecule has 1 saturated heterocycles. The third-order valence-corrected chi connectivity index (χ3v) is 5.10. The lowest BCUT2D eigenvalue weighted by Crippen LogP contribution is -2.39. The Bertz CT molecular complexity index is 560. The molecule has 2 bridgehead atoms. The van der Waals surface area contributed by atoms with Gasteiger partial charge in [-0.3, -0.25) is 9.88 Å². The molecule has 20 heavy (non-hydrogen) atoms. The molecule has 4 rings (SSSR count). The molecule has 0 spiro atoms. The molecule has 2 aromatic rings. The van der Waals surface area contributed by atoms with Crippen molar-refractivity contribution in [2.45, 2.75) is 31.5 Å². The molecule has 4 nitrogen and oxygen atoms in total. The zero-order chi connectivity index (χ0) is 13.4. The Kier molecular flexibility index (Phi) is 3.16. The molecule has 2 fully saturated rings. The van der Waals surface area contributed by atoms with Crippen LogP contribution in [0.4, 0.5) is 0 Å². The maximum Gasteiger partial charge on any atom is 0.138 e. The molecule has 1 saturated carbocycles. The van der Waals surface area contributed by atoms with E-state index in [1.165, 1.54) is 11.4 Å². The number of pyridine rings is 1. The fraction of sp³-hybridized carbons (Fsp3) is 0.467. The van der Waals surface area contributed by atoms with Gasteiger partial charge in [0, 0.05) is 42.7 Å². The van der Waals surface area contributed by atoms with Gasteiger partial charge < -0.3 is 4.74 Å². The third kappa shape index (κ3) is 2.31. The van der Waals surface area contributed by atoms with E-state index in [-0.39, 0.29) is 0 Å². The van der Waals surface area contributed by atoms with Gasteiger partial charge in [0.05, 0.1) is 12.7 Å². The summed E-state index contributed by atoms with van der Waals surface area (Å²) in [7, 11) is 0. The van der Waals surface area contributed by atoms with E-state index >= 15 is 0 Å². The van der Waals surface area contributed by atoms with Crippen LogP contribution in [0.15, 0.2) is 36.1 Å². The van der Waals surface area contributed by atoms with Crippen LogP contribution in [-0.4, -0.2) is 33.6 Å². The van der Waals surface area contributed by atoms with E-state index in [9.17, 15) is 0 Å². The highest BCUT2D eigenvalue weighted by atomic mass is 32.1. The van der Waals surface area contributed by atoms with Crippen LogP contribution in [0.1, 0.15) is 17.8 Å². The molecule has 2 aromatic heterocycles. The van der Waals surface area contributed by atoms with Gasteiger partial charge >= 0.3 is 0 Å². The van der Waals surface area contributed by atoms with Gasteiger partial charge in [-0.15, -0.1) is 11.3 Å². The number of hydrogen-bond donors (Lipinski definition) is 0. The number of thiazole rings is 1. The second-order valence-electron chi connectivity index (χ2n) is 5.59. The lowest BCUT2D eigenvalue weighted by Gasteiger charge is -2.31. The number of piperidine rings is 1. The van der Waals surface area contributed by atoms with E-state index in [1.807, 2.05) is 18.3 Å². The molecule has 3 heterocycles. The molecule has 3 atom stereocenters. The number of aromatic nitrogens is 2. The number of likely N-dealkylation sites (tertiary alicyclic amines) is 1. The number of ether oxygens (including phenoxy) is 1. The van der Waals surface area contributed by atoms with E-state index in [0.29, 0.717) is 18.1 Å². The molecular formula is C15H17N3OS. The van der Waals surface area contributed by atoms with Gasteiger partial charge in [0.2, 0.25) is 0 Å². The first-order chi connectivity index (χ1) is 9.88. The SMILES string of the molecule is c1cncc(O[C@H]2C[C@H]3C[C@H]2CN3Cc2nccs2)c1. The Balaban J connectivity index is 1.38. The lowest BCUT2D eigenvalue weighted by molar-refractivity contribution is 0.0887. The summed E-state index contributed by atoms with van der Waals surface area (Å²) in [5.41, 5.74) is 0. The Morgan fingerprint density at radius 2 is 2.35 bits per heavy atom. The zero-order valence-electron chi connectivity index (χ0n) is 11.2. The largest absolute Gasteiger partial charge is 0.488 e. The number of rotatable bonds is 4. The highest BCUT2D eigenvalue weighted by molar-refractivity contribution is 7.09. The summed E-state index contributed by atoms with van der Waals surface area (Å²) in [6.45, 7) is 2.13. The molecule has 2 aliphatic rings. The minimum absolute atomic E-state index is 0.358. The van der Waals surface area contributed by atoms with Gasteiger partial charge in [0.1, 0.15) is 16.9 Å². The predicted octanol–water partition coefficient (Wildman–Crippen LogP) is 2.58. The maximum atomic E-state index is 6.09. The van der Waals surface area contributed by atoms with E-state index in [2.05, 4.69) is 20.2 Å². The summed E-state index contributed by atoms with van der Waals surface area (Å²) in [6.07, 6.45) is 8.23. The molecule has 0 radical (unpaired) electrons. The summed E-state index contributed by atoms with van der Waals surface area (Å²) in [5.74, 6) is 1.55. The van der Waals surface area contributed by atoms with Crippen molar-refractivity contribution in [2.24, 2.45) is 5.92 Å². The molecule has 5 heteroatoms. The van der Waals surface area contributed by atoms with E-state index < -0.39 is 0 Å². The molecule has 1 aliphatic carbocycles. The van der Waals surface area contributed by atoms with Crippen molar-refractivity contribution in [3.63, 3.8) is 0 Å². The first kappa shape index (κ1) is 12.3. The van der Waals surface area contributed by atoms with Crippen LogP contribution < -0.4 is 4.74 Å². The average Bonchev–Trinajstić information content (AvgIpc) is 3.17. The third-order valence-electron chi connectivity index (χ3n) is 4.33. The van der Waals surface area contributed by atoms with E-state index in [1.54, 1.807) is 23.7 Å². The highest BCUT2D eigenvalue weighted by Gasteiger charge is 2.45. The summed E-state index contributed by atoms with van der Waals surface area (Å²) >= 11 is 1.75. The van der Waals surface area contributed by atoms with E-state index in [0.717, 1.165) is 25.3 Å².